The first kappa shape index (κ1) is 13.9. The second-order valence-electron chi connectivity index (χ2n) is 4.36. The van der Waals surface area contributed by atoms with Crippen molar-refractivity contribution in [2.75, 3.05) is 6.61 Å². The highest BCUT2D eigenvalue weighted by atomic mass is 16.5. The predicted octanol–water partition coefficient (Wildman–Crippen LogP) is -0.591. The van der Waals surface area contributed by atoms with Gasteiger partial charge in [0.15, 0.2) is 0 Å². The first-order chi connectivity index (χ1) is 7.61. The Morgan fingerprint density at radius 2 is 1.56 bits per heavy atom. The van der Waals surface area contributed by atoms with Crippen LogP contribution in [-0.2, 0) is 4.74 Å². The van der Waals surface area contributed by atoms with Gasteiger partial charge in [-0.25, -0.2) is 0 Å². The highest BCUT2D eigenvalue weighted by Crippen LogP contribution is 2.24. The third-order valence-corrected chi connectivity index (χ3v) is 3.08. The summed E-state index contributed by atoms with van der Waals surface area (Å²) < 4.78 is 5.37. The van der Waals surface area contributed by atoms with Crippen molar-refractivity contribution in [3.8, 4) is 0 Å². The largest absolute Gasteiger partial charge is 0.394 e. The van der Waals surface area contributed by atoms with Gasteiger partial charge >= 0.3 is 0 Å². The molecule has 1 fully saturated rings. The van der Waals surface area contributed by atoms with E-state index in [-0.39, 0.29) is 6.61 Å². The van der Waals surface area contributed by atoms with Crippen LogP contribution in [-0.4, -0.2) is 57.6 Å². The molecule has 1 saturated heterocycles. The van der Waals surface area contributed by atoms with Gasteiger partial charge in [0.25, 0.3) is 0 Å². The summed E-state index contributed by atoms with van der Waals surface area (Å²) in [5.74, 6) is 0. The molecular weight excluding hydrogens is 212 g/mol. The monoisotopic (exact) mass is 234 g/mol. The lowest BCUT2D eigenvalue weighted by Gasteiger charge is -2.40. The summed E-state index contributed by atoms with van der Waals surface area (Å²) in [6.07, 6.45) is -1.19. The third-order valence-electron chi connectivity index (χ3n) is 3.08. The summed E-state index contributed by atoms with van der Waals surface area (Å²) in [6.45, 7) is 1.72. The Morgan fingerprint density at radius 1 is 0.938 bits per heavy atom. The minimum absolute atomic E-state index is 0.352. The molecule has 0 bridgehead atoms. The van der Waals surface area contributed by atoms with Gasteiger partial charge in [-0.2, -0.15) is 0 Å². The van der Waals surface area contributed by atoms with E-state index >= 15 is 0 Å². The minimum atomic E-state index is -1.24. The van der Waals surface area contributed by atoms with Crippen molar-refractivity contribution in [1.29, 1.82) is 0 Å². The molecule has 1 aliphatic rings. The Labute approximate surface area is 95.7 Å². The Morgan fingerprint density at radius 3 is 2.12 bits per heavy atom. The first-order valence-corrected chi connectivity index (χ1v) is 5.92. The average molecular weight is 234 g/mol. The molecule has 5 nitrogen and oxygen atoms in total. The highest BCUT2D eigenvalue weighted by molar-refractivity contribution is 4.91. The molecule has 4 N–H and O–H groups in total. The smallest absolute Gasteiger partial charge is 0.111 e. The summed E-state index contributed by atoms with van der Waals surface area (Å²) >= 11 is 0. The lowest BCUT2D eigenvalue weighted by atomic mass is 9.92. The molecule has 96 valence electrons. The number of ether oxygens (including phenoxy) is 1. The molecule has 1 aliphatic heterocycles. The Hall–Kier alpha value is -0.200. The van der Waals surface area contributed by atoms with Crippen LogP contribution in [0.2, 0.25) is 0 Å². The quantitative estimate of drug-likeness (QED) is 0.477. The summed E-state index contributed by atoms with van der Waals surface area (Å²) in [4.78, 5) is 0. The first-order valence-electron chi connectivity index (χ1n) is 5.92. The van der Waals surface area contributed by atoms with Gasteiger partial charge in [-0.05, 0) is 6.42 Å². The fourth-order valence-corrected chi connectivity index (χ4v) is 2.01. The summed E-state index contributed by atoms with van der Waals surface area (Å²) in [7, 11) is 0. The summed E-state index contributed by atoms with van der Waals surface area (Å²) in [5, 5.41) is 37.8. The van der Waals surface area contributed by atoms with Crippen LogP contribution < -0.4 is 0 Å². The van der Waals surface area contributed by atoms with E-state index in [1.165, 1.54) is 0 Å². The number of aliphatic hydroxyl groups excluding tert-OH is 4. The van der Waals surface area contributed by atoms with Gasteiger partial charge in [0, 0.05) is 0 Å². The zero-order chi connectivity index (χ0) is 12.1. The molecule has 0 radical (unpaired) electrons. The zero-order valence-electron chi connectivity index (χ0n) is 9.62. The number of hydrogen-bond acceptors (Lipinski definition) is 5. The normalized spacial score (nSPS) is 39.9. The molecule has 1 heterocycles. The molecule has 16 heavy (non-hydrogen) atoms. The maximum atomic E-state index is 9.70. The molecule has 0 aliphatic carbocycles. The molecular formula is C11H22O5. The standard InChI is InChI=1S/C11H22O5/c1-2-3-4-5-7-9(13)11(15)10(14)8(6-12)16-7/h7-15H,2-6H2,1H3/t7-,8-,9-,10-,11-/m1/s1. The van der Waals surface area contributed by atoms with Crippen molar-refractivity contribution in [1.82, 2.24) is 0 Å². The van der Waals surface area contributed by atoms with Crippen LogP contribution in [0.4, 0.5) is 0 Å². The van der Waals surface area contributed by atoms with Gasteiger partial charge in [-0.15, -0.1) is 0 Å². The number of rotatable bonds is 5. The SMILES string of the molecule is CCCCC[C@H]1O[C@H](CO)[C@@H](O)[C@H](O)[C@@H]1O. The average Bonchev–Trinajstić information content (AvgIpc) is 2.29. The van der Waals surface area contributed by atoms with E-state index in [2.05, 4.69) is 6.92 Å². The Bertz CT molecular complexity index is 197. The molecule has 0 spiro atoms. The van der Waals surface area contributed by atoms with Crippen LogP contribution in [0.3, 0.4) is 0 Å². The predicted molar refractivity (Wildman–Crippen MR) is 57.9 cm³/mol. The van der Waals surface area contributed by atoms with Crippen LogP contribution >= 0.6 is 0 Å². The second kappa shape index (κ2) is 6.51. The molecule has 0 aromatic heterocycles. The zero-order valence-corrected chi connectivity index (χ0v) is 9.62. The van der Waals surface area contributed by atoms with E-state index in [4.69, 9.17) is 9.84 Å². The fraction of sp³-hybridized carbons (Fsp3) is 1.00. The molecule has 0 aromatic rings. The van der Waals surface area contributed by atoms with E-state index in [1.807, 2.05) is 0 Å². The number of unbranched alkanes of at least 4 members (excludes halogenated alkanes) is 2. The van der Waals surface area contributed by atoms with E-state index in [0.29, 0.717) is 6.42 Å². The van der Waals surface area contributed by atoms with Crippen molar-refractivity contribution in [3.05, 3.63) is 0 Å². The van der Waals surface area contributed by atoms with Gasteiger partial charge < -0.3 is 25.2 Å². The topological polar surface area (TPSA) is 90.2 Å². The van der Waals surface area contributed by atoms with E-state index < -0.39 is 30.5 Å². The fourth-order valence-electron chi connectivity index (χ4n) is 2.01. The molecule has 5 heteroatoms. The van der Waals surface area contributed by atoms with Crippen molar-refractivity contribution in [2.24, 2.45) is 0 Å². The van der Waals surface area contributed by atoms with Crippen LogP contribution in [0.5, 0.6) is 0 Å². The molecule has 0 unspecified atom stereocenters. The van der Waals surface area contributed by atoms with E-state index in [1.54, 1.807) is 0 Å². The van der Waals surface area contributed by atoms with Crippen molar-refractivity contribution < 1.29 is 25.2 Å². The highest BCUT2D eigenvalue weighted by Gasteiger charge is 2.42. The van der Waals surface area contributed by atoms with Crippen molar-refractivity contribution in [3.63, 3.8) is 0 Å². The van der Waals surface area contributed by atoms with Gasteiger partial charge in [0.2, 0.25) is 0 Å². The number of aliphatic hydroxyl groups is 4. The van der Waals surface area contributed by atoms with Gasteiger partial charge in [0.05, 0.1) is 12.7 Å². The summed E-state index contributed by atoms with van der Waals surface area (Å²) in [6, 6.07) is 0. The molecule has 0 saturated carbocycles. The molecule has 1 rings (SSSR count). The maximum absolute atomic E-state index is 9.70. The van der Waals surface area contributed by atoms with Gasteiger partial charge in [0.1, 0.15) is 24.4 Å². The van der Waals surface area contributed by atoms with Gasteiger partial charge in [-0.3, -0.25) is 0 Å². The third kappa shape index (κ3) is 3.15. The Kier molecular flexibility index (Phi) is 5.64. The number of hydrogen-bond donors (Lipinski definition) is 4. The van der Waals surface area contributed by atoms with E-state index in [0.717, 1.165) is 19.3 Å². The molecule has 5 atom stereocenters. The van der Waals surface area contributed by atoms with Crippen LogP contribution in [0, 0.1) is 0 Å². The van der Waals surface area contributed by atoms with Crippen LogP contribution in [0.15, 0.2) is 0 Å². The van der Waals surface area contributed by atoms with Crippen LogP contribution in [0.1, 0.15) is 32.6 Å². The Balaban J connectivity index is 2.50. The van der Waals surface area contributed by atoms with Gasteiger partial charge in [-0.1, -0.05) is 26.2 Å². The second-order valence-corrected chi connectivity index (χ2v) is 4.36. The van der Waals surface area contributed by atoms with Crippen molar-refractivity contribution >= 4 is 0 Å². The van der Waals surface area contributed by atoms with Crippen molar-refractivity contribution in [2.45, 2.75) is 63.1 Å². The van der Waals surface area contributed by atoms with Crippen LogP contribution in [0.25, 0.3) is 0 Å². The molecule has 0 amide bonds. The lowest BCUT2D eigenvalue weighted by molar-refractivity contribution is -0.230. The molecule has 0 aromatic carbocycles. The summed E-state index contributed by atoms with van der Waals surface area (Å²) in [5.41, 5.74) is 0. The van der Waals surface area contributed by atoms with E-state index in [9.17, 15) is 15.3 Å². The minimum Gasteiger partial charge on any atom is -0.394 e. The maximum Gasteiger partial charge on any atom is 0.111 e. The lowest BCUT2D eigenvalue weighted by Crippen LogP contribution is -2.58.